The van der Waals surface area contributed by atoms with Crippen LogP contribution in [0.2, 0.25) is 0 Å². The molecule has 0 amide bonds. The maximum Gasteiger partial charge on any atom is 0.0433 e. The van der Waals surface area contributed by atoms with Crippen molar-refractivity contribution in [3.8, 4) is 0 Å². The van der Waals surface area contributed by atoms with Crippen LogP contribution in [0.1, 0.15) is 61.1 Å². The van der Waals surface area contributed by atoms with Gasteiger partial charge in [-0.1, -0.05) is 90.4 Å². The fourth-order valence-electron chi connectivity index (χ4n) is 4.15. The predicted molar refractivity (Wildman–Crippen MR) is 149 cm³/mol. The Balaban J connectivity index is 0.000000807. The quantitative estimate of drug-likeness (QED) is 0.304. The summed E-state index contributed by atoms with van der Waals surface area (Å²) < 4.78 is 2.57. The Morgan fingerprint density at radius 2 is 1.13 bits per heavy atom. The van der Waals surface area contributed by atoms with Gasteiger partial charge in [-0.25, -0.2) is 0 Å². The summed E-state index contributed by atoms with van der Waals surface area (Å²) in [5.41, 5.74) is 7.17. The van der Waals surface area contributed by atoms with Gasteiger partial charge in [0.2, 0.25) is 0 Å². The molecule has 4 rings (SSSR count). The smallest absolute Gasteiger partial charge is 0.0433 e. The second-order valence-electron chi connectivity index (χ2n) is 6.84. The van der Waals surface area contributed by atoms with E-state index < -0.39 is 0 Å². The lowest BCUT2D eigenvalue weighted by molar-refractivity contribution is 1.42. The summed E-state index contributed by atoms with van der Waals surface area (Å²) in [5.74, 6) is 0. The van der Waals surface area contributed by atoms with Gasteiger partial charge in [0, 0.05) is 20.2 Å². The Labute approximate surface area is 191 Å². The van der Waals surface area contributed by atoms with Gasteiger partial charge in [0.05, 0.1) is 0 Å². The van der Waals surface area contributed by atoms with Crippen LogP contribution in [0.4, 0.5) is 0 Å². The number of rotatable bonds is 4. The molecule has 0 N–H and O–H groups in total. The van der Waals surface area contributed by atoms with Gasteiger partial charge >= 0.3 is 0 Å². The second-order valence-corrected chi connectivity index (χ2v) is 7.89. The molecule has 0 aliphatic carbocycles. The van der Waals surface area contributed by atoms with Crippen LogP contribution in [0.5, 0.6) is 0 Å². The first-order valence-electron chi connectivity index (χ1n) is 11.0. The molecular formula is C30H34S. The molecule has 0 aliphatic rings. The van der Waals surface area contributed by atoms with E-state index in [9.17, 15) is 0 Å². The van der Waals surface area contributed by atoms with Crippen molar-refractivity contribution in [3.05, 3.63) is 84.0 Å². The van der Waals surface area contributed by atoms with E-state index in [4.69, 9.17) is 0 Å². The molecule has 0 nitrogen and oxygen atoms in total. The average Bonchev–Trinajstić information content (AvgIpc) is 3.19. The Bertz CT molecular complexity index is 1300. The molecule has 0 atom stereocenters. The minimum atomic E-state index is 1.13. The predicted octanol–water partition coefficient (Wildman–Crippen LogP) is 10.4. The molecule has 0 fully saturated rings. The highest BCUT2D eigenvalue weighted by Crippen LogP contribution is 2.42. The van der Waals surface area contributed by atoms with E-state index in [0.29, 0.717) is 0 Å². The molecule has 0 saturated heterocycles. The maximum absolute atomic E-state index is 4.03. The van der Waals surface area contributed by atoms with E-state index in [-0.39, 0.29) is 0 Å². The third-order valence-electron chi connectivity index (χ3n) is 5.59. The standard InChI is InChI=1S/C26H22S.2C2H6/c1-7-17-11-12-21-24-13-22-15(5)18(8-2)19(9-3)16(6)23(22)14-25(24)27-26(21)20(17)10-4;2*1-2/h7-14H,1-4H2,5-6H3;2*1-2H3. The number of thiophene rings is 1. The first-order chi connectivity index (χ1) is 15.0. The van der Waals surface area contributed by atoms with E-state index in [1.807, 2.05) is 63.3 Å². The van der Waals surface area contributed by atoms with Gasteiger partial charge in [-0.3, -0.25) is 0 Å². The molecule has 0 bridgehead atoms. The molecule has 1 heterocycles. The zero-order valence-corrected chi connectivity index (χ0v) is 20.7. The third kappa shape index (κ3) is 3.91. The van der Waals surface area contributed by atoms with Gasteiger partial charge in [0.1, 0.15) is 0 Å². The summed E-state index contributed by atoms with van der Waals surface area (Å²) in [4.78, 5) is 0. The molecule has 1 heteroatoms. The highest BCUT2D eigenvalue weighted by Gasteiger charge is 2.15. The van der Waals surface area contributed by atoms with E-state index in [1.165, 1.54) is 58.8 Å². The fourth-order valence-corrected chi connectivity index (χ4v) is 5.43. The summed E-state index contributed by atoms with van der Waals surface area (Å²) in [7, 11) is 0. The summed E-state index contributed by atoms with van der Waals surface area (Å²) in [5, 5.41) is 5.15. The topological polar surface area (TPSA) is 0 Å². The maximum atomic E-state index is 4.03. The number of benzene rings is 3. The van der Waals surface area contributed by atoms with Crippen LogP contribution in [-0.2, 0) is 0 Å². The van der Waals surface area contributed by atoms with E-state index in [2.05, 4.69) is 64.4 Å². The van der Waals surface area contributed by atoms with Crippen LogP contribution < -0.4 is 0 Å². The van der Waals surface area contributed by atoms with Gasteiger partial charge < -0.3 is 0 Å². The van der Waals surface area contributed by atoms with Crippen molar-refractivity contribution < 1.29 is 0 Å². The zero-order chi connectivity index (χ0) is 23.3. The molecule has 0 radical (unpaired) electrons. The van der Waals surface area contributed by atoms with Gasteiger partial charge in [-0.05, 0) is 70.1 Å². The first-order valence-corrected chi connectivity index (χ1v) is 11.8. The molecule has 0 spiro atoms. The largest absolute Gasteiger partial charge is 0.135 e. The van der Waals surface area contributed by atoms with Gasteiger partial charge in [-0.15, -0.1) is 11.3 Å². The third-order valence-corrected chi connectivity index (χ3v) is 6.79. The second kappa shape index (κ2) is 10.4. The van der Waals surface area contributed by atoms with Crippen LogP contribution in [0.3, 0.4) is 0 Å². The molecule has 160 valence electrons. The van der Waals surface area contributed by atoms with Crippen molar-refractivity contribution in [1.29, 1.82) is 0 Å². The van der Waals surface area contributed by atoms with Crippen LogP contribution >= 0.6 is 11.3 Å². The molecule has 0 aliphatic heterocycles. The lowest BCUT2D eigenvalue weighted by Crippen LogP contribution is -1.94. The highest BCUT2D eigenvalue weighted by atomic mass is 32.1. The monoisotopic (exact) mass is 426 g/mol. The number of fused-ring (bicyclic) bond motifs is 4. The Morgan fingerprint density at radius 3 is 1.61 bits per heavy atom. The van der Waals surface area contributed by atoms with Crippen LogP contribution in [0.15, 0.2) is 50.6 Å². The molecule has 1 aromatic heterocycles. The Kier molecular flexibility index (Phi) is 8.19. The first kappa shape index (κ1) is 24.4. The summed E-state index contributed by atoms with van der Waals surface area (Å²) in [6.45, 7) is 28.4. The van der Waals surface area contributed by atoms with Gasteiger partial charge in [0.15, 0.2) is 0 Å². The summed E-state index contributed by atoms with van der Waals surface area (Å²) in [6.07, 6.45) is 7.73. The number of hydrogen-bond acceptors (Lipinski definition) is 1. The van der Waals surface area contributed by atoms with Gasteiger partial charge in [0.25, 0.3) is 0 Å². The molecule has 4 aromatic rings. The molecule has 0 unspecified atom stereocenters. The van der Waals surface area contributed by atoms with Crippen molar-refractivity contribution in [3.63, 3.8) is 0 Å². The van der Waals surface area contributed by atoms with Crippen molar-refractivity contribution in [2.45, 2.75) is 41.5 Å². The Morgan fingerprint density at radius 1 is 0.613 bits per heavy atom. The van der Waals surface area contributed by atoms with Crippen LogP contribution in [0.25, 0.3) is 55.2 Å². The normalized spacial score (nSPS) is 10.1. The van der Waals surface area contributed by atoms with E-state index in [1.54, 1.807) is 0 Å². The van der Waals surface area contributed by atoms with Crippen LogP contribution in [-0.4, -0.2) is 0 Å². The summed E-state index contributed by atoms with van der Waals surface area (Å²) >= 11 is 1.83. The zero-order valence-electron chi connectivity index (χ0n) is 19.9. The minimum absolute atomic E-state index is 1.13. The molecule has 31 heavy (non-hydrogen) atoms. The SMILES string of the molecule is C=Cc1ccc2c(sc3cc4c(C)c(C=C)c(C=C)c(C)c4cc32)c1C=C.CC.CC. The number of hydrogen-bond donors (Lipinski definition) is 0. The summed E-state index contributed by atoms with van der Waals surface area (Å²) in [6, 6.07) is 9.01. The van der Waals surface area contributed by atoms with E-state index in [0.717, 1.165) is 5.56 Å². The van der Waals surface area contributed by atoms with Crippen molar-refractivity contribution in [2.24, 2.45) is 0 Å². The highest BCUT2D eigenvalue weighted by molar-refractivity contribution is 7.26. The molecular weight excluding hydrogens is 392 g/mol. The van der Waals surface area contributed by atoms with Crippen molar-refractivity contribution >= 4 is 66.6 Å². The van der Waals surface area contributed by atoms with Crippen molar-refractivity contribution in [1.82, 2.24) is 0 Å². The number of aryl methyl sites for hydroxylation is 2. The van der Waals surface area contributed by atoms with Crippen LogP contribution in [0, 0.1) is 13.8 Å². The average molecular weight is 427 g/mol. The lowest BCUT2D eigenvalue weighted by Gasteiger charge is -2.15. The van der Waals surface area contributed by atoms with E-state index >= 15 is 0 Å². The minimum Gasteiger partial charge on any atom is -0.135 e. The lowest BCUT2D eigenvalue weighted by atomic mass is 9.89. The fraction of sp³-hybridized carbons (Fsp3) is 0.200. The molecule has 0 saturated carbocycles. The van der Waals surface area contributed by atoms with Crippen molar-refractivity contribution in [2.75, 3.05) is 0 Å². The molecule has 3 aromatic carbocycles. The van der Waals surface area contributed by atoms with Gasteiger partial charge in [-0.2, -0.15) is 0 Å². The Hall–Kier alpha value is -2.90.